The Labute approximate surface area is 171 Å². The van der Waals surface area contributed by atoms with E-state index >= 15 is 0 Å². The second-order valence-electron chi connectivity index (χ2n) is 7.51. The van der Waals surface area contributed by atoms with Crippen LogP contribution in [0, 0.1) is 6.92 Å². The molecule has 0 fully saturated rings. The Bertz CT molecular complexity index is 870. The van der Waals surface area contributed by atoms with Crippen molar-refractivity contribution in [3.05, 3.63) is 47.7 Å². The number of carbonyl (C=O) groups is 2. The zero-order chi connectivity index (χ0) is 21.6. The molecule has 0 spiro atoms. The minimum Gasteiger partial charge on any atom is -0.462 e. The molecule has 0 aliphatic rings. The molecule has 7 nitrogen and oxygen atoms in total. The molecule has 0 saturated heterocycles. The molecule has 2 aromatic rings. The van der Waals surface area contributed by atoms with Gasteiger partial charge in [-0.1, -0.05) is 29.8 Å². The van der Waals surface area contributed by atoms with Crippen molar-refractivity contribution >= 4 is 17.8 Å². The van der Waals surface area contributed by atoms with Crippen LogP contribution in [0.2, 0.25) is 0 Å². The van der Waals surface area contributed by atoms with Crippen molar-refractivity contribution in [2.75, 3.05) is 18.5 Å². The molecule has 0 bridgehead atoms. The van der Waals surface area contributed by atoms with Crippen LogP contribution >= 0.6 is 0 Å². The van der Waals surface area contributed by atoms with Crippen molar-refractivity contribution in [1.29, 1.82) is 0 Å². The highest BCUT2D eigenvalue weighted by Crippen LogP contribution is 2.27. The lowest BCUT2D eigenvalue weighted by Crippen LogP contribution is -2.25. The maximum absolute atomic E-state index is 12.2. The third-order valence-electron chi connectivity index (χ3n) is 4.05. The second kappa shape index (κ2) is 9.41. The minimum atomic E-state index is -0.737. The van der Waals surface area contributed by atoms with E-state index in [-0.39, 0.29) is 24.3 Å². The molecule has 0 aliphatic heterocycles. The van der Waals surface area contributed by atoms with Crippen LogP contribution in [0.4, 0.5) is 5.82 Å². The van der Waals surface area contributed by atoms with Crippen molar-refractivity contribution in [3.8, 4) is 11.3 Å². The van der Waals surface area contributed by atoms with E-state index in [2.05, 4.69) is 5.32 Å². The molecule has 1 aromatic carbocycles. The lowest BCUT2D eigenvalue weighted by atomic mass is 10.1. The highest BCUT2D eigenvalue weighted by Gasteiger charge is 2.23. The van der Waals surface area contributed by atoms with Crippen LogP contribution in [0.5, 0.6) is 0 Å². The Morgan fingerprint density at radius 1 is 1.07 bits per heavy atom. The van der Waals surface area contributed by atoms with Crippen molar-refractivity contribution in [2.24, 2.45) is 0 Å². The van der Waals surface area contributed by atoms with E-state index in [0.29, 0.717) is 5.82 Å². The summed E-state index contributed by atoms with van der Waals surface area (Å²) in [6.07, 6.45) is 1.31. The number of aryl methyl sites for hydroxylation is 1. The number of rotatable bonds is 7. The molecule has 0 aliphatic carbocycles. The highest BCUT2D eigenvalue weighted by molar-refractivity contribution is 6.14. The number of nitrogens with zero attached hydrogens (tertiary/aromatic N) is 2. The van der Waals surface area contributed by atoms with E-state index in [9.17, 15) is 9.59 Å². The van der Waals surface area contributed by atoms with E-state index in [4.69, 9.17) is 14.6 Å². The molecule has 0 radical (unpaired) electrons. The molecule has 7 heteroatoms. The van der Waals surface area contributed by atoms with Crippen LogP contribution < -0.4 is 5.32 Å². The van der Waals surface area contributed by atoms with Crippen LogP contribution in [0.3, 0.4) is 0 Å². The molecule has 1 heterocycles. The number of anilines is 1. The summed E-state index contributed by atoms with van der Waals surface area (Å²) in [5, 5.41) is 7.75. The number of esters is 2. The average Bonchev–Trinajstić information content (AvgIpc) is 3.07. The number of aromatic nitrogens is 2. The first-order chi connectivity index (χ1) is 13.7. The molecule has 1 N–H and O–H groups in total. The fourth-order valence-corrected chi connectivity index (χ4v) is 2.63. The predicted octanol–water partition coefficient (Wildman–Crippen LogP) is 4.04. The summed E-state index contributed by atoms with van der Waals surface area (Å²) < 4.78 is 11.8. The number of hydrogen-bond acceptors (Lipinski definition) is 6. The zero-order valence-corrected chi connectivity index (χ0v) is 17.9. The standard InChI is InChI=1S/C22H29N3O4/c1-7-28-20(26)17(21(27)29-8-2)14-23-19-13-18(24-25(19)22(4,5)6)16-11-9-15(3)10-12-16/h9-14,23H,7-8H2,1-6H3. The van der Waals surface area contributed by atoms with E-state index in [1.807, 2.05) is 62.7 Å². The van der Waals surface area contributed by atoms with Crippen LogP contribution in [0.25, 0.3) is 11.3 Å². The minimum absolute atomic E-state index is 0.160. The number of benzene rings is 1. The lowest BCUT2D eigenvalue weighted by molar-refractivity contribution is -0.146. The van der Waals surface area contributed by atoms with Gasteiger partial charge in [0.1, 0.15) is 5.82 Å². The first-order valence-corrected chi connectivity index (χ1v) is 9.65. The van der Waals surface area contributed by atoms with Crippen molar-refractivity contribution < 1.29 is 19.1 Å². The number of hydrogen-bond donors (Lipinski definition) is 1. The molecule has 2 rings (SSSR count). The summed E-state index contributed by atoms with van der Waals surface area (Å²) in [5.74, 6) is -0.836. The number of ether oxygens (including phenoxy) is 2. The molecular weight excluding hydrogens is 370 g/mol. The van der Waals surface area contributed by atoms with Gasteiger partial charge in [-0.2, -0.15) is 5.10 Å². The number of carbonyl (C=O) groups excluding carboxylic acids is 2. The van der Waals surface area contributed by atoms with Crippen LogP contribution in [0.15, 0.2) is 42.1 Å². The Morgan fingerprint density at radius 2 is 1.62 bits per heavy atom. The van der Waals surface area contributed by atoms with Gasteiger partial charge in [0.2, 0.25) is 0 Å². The van der Waals surface area contributed by atoms with Crippen molar-refractivity contribution in [3.63, 3.8) is 0 Å². The van der Waals surface area contributed by atoms with Gasteiger partial charge in [-0.25, -0.2) is 14.3 Å². The van der Waals surface area contributed by atoms with Gasteiger partial charge in [-0.05, 0) is 41.5 Å². The van der Waals surface area contributed by atoms with Gasteiger partial charge in [-0.15, -0.1) is 0 Å². The molecule has 0 saturated carbocycles. The van der Waals surface area contributed by atoms with Gasteiger partial charge in [0.25, 0.3) is 0 Å². The summed E-state index contributed by atoms with van der Waals surface area (Å²) in [4.78, 5) is 24.3. The quantitative estimate of drug-likeness (QED) is 0.328. The summed E-state index contributed by atoms with van der Waals surface area (Å²) in [6.45, 7) is 11.8. The van der Waals surface area contributed by atoms with Gasteiger partial charge >= 0.3 is 11.9 Å². The Hall–Kier alpha value is -3.09. The summed E-state index contributed by atoms with van der Waals surface area (Å²) >= 11 is 0. The van der Waals surface area contributed by atoms with Crippen molar-refractivity contribution in [1.82, 2.24) is 9.78 Å². The van der Waals surface area contributed by atoms with E-state index < -0.39 is 11.9 Å². The number of nitrogens with one attached hydrogen (secondary N) is 1. The SMILES string of the molecule is CCOC(=O)C(=CNc1cc(-c2ccc(C)cc2)nn1C(C)(C)C)C(=O)OCC. The highest BCUT2D eigenvalue weighted by atomic mass is 16.6. The Morgan fingerprint density at radius 3 is 2.10 bits per heavy atom. The van der Waals surface area contributed by atoms with Crippen LogP contribution in [-0.2, 0) is 24.6 Å². The molecule has 0 unspecified atom stereocenters. The lowest BCUT2D eigenvalue weighted by Gasteiger charge is -2.22. The second-order valence-corrected chi connectivity index (χ2v) is 7.51. The van der Waals surface area contributed by atoms with E-state index in [1.54, 1.807) is 13.8 Å². The molecular formula is C22H29N3O4. The molecule has 1 aromatic heterocycles. The van der Waals surface area contributed by atoms with Gasteiger partial charge in [0.15, 0.2) is 5.57 Å². The summed E-state index contributed by atoms with van der Waals surface area (Å²) in [6, 6.07) is 9.94. The third-order valence-corrected chi connectivity index (χ3v) is 4.05. The van der Waals surface area contributed by atoms with Crippen LogP contribution in [0.1, 0.15) is 40.2 Å². The predicted molar refractivity (Wildman–Crippen MR) is 112 cm³/mol. The largest absolute Gasteiger partial charge is 0.462 e. The Balaban J connectivity index is 2.43. The van der Waals surface area contributed by atoms with Crippen molar-refractivity contribution in [2.45, 2.75) is 47.1 Å². The molecule has 0 atom stereocenters. The average molecular weight is 399 g/mol. The van der Waals surface area contributed by atoms with Gasteiger partial charge < -0.3 is 14.8 Å². The smallest absolute Gasteiger partial charge is 0.347 e. The monoisotopic (exact) mass is 399 g/mol. The fourth-order valence-electron chi connectivity index (χ4n) is 2.63. The Kier molecular flexibility index (Phi) is 7.20. The normalized spacial score (nSPS) is 11.0. The first kappa shape index (κ1) is 22.2. The van der Waals surface area contributed by atoms with Crippen LogP contribution in [-0.4, -0.2) is 34.9 Å². The van der Waals surface area contributed by atoms with E-state index in [1.165, 1.54) is 11.8 Å². The molecule has 0 amide bonds. The maximum atomic E-state index is 12.2. The van der Waals surface area contributed by atoms with Gasteiger partial charge in [0.05, 0.1) is 24.4 Å². The first-order valence-electron chi connectivity index (χ1n) is 9.65. The summed E-state index contributed by atoms with van der Waals surface area (Å²) in [5.41, 5.74) is 2.39. The maximum Gasteiger partial charge on any atom is 0.347 e. The van der Waals surface area contributed by atoms with Gasteiger partial charge in [0, 0.05) is 17.8 Å². The summed E-state index contributed by atoms with van der Waals surface area (Å²) in [7, 11) is 0. The zero-order valence-electron chi connectivity index (χ0n) is 17.9. The van der Waals surface area contributed by atoms with Gasteiger partial charge in [-0.3, -0.25) is 0 Å². The topological polar surface area (TPSA) is 82.5 Å². The molecule has 156 valence electrons. The van der Waals surface area contributed by atoms with E-state index in [0.717, 1.165) is 11.3 Å². The molecule has 29 heavy (non-hydrogen) atoms. The fraction of sp³-hybridized carbons (Fsp3) is 0.409. The third kappa shape index (κ3) is 5.70.